The molecule has 0 radical (unpaired) electrons. The minimum Gasteiger partial charge on any atom is -0.244 e. The number of benzene rings is 1. The van der Waals surface area contributed by atoms with Crippen molar-refractivity contribution in [2.75, 3.05) is 0 Å². The molecule has 2 aromatic rings. The zero-order valence-corrected chi connectivity index (χ0v) is 9.50. The average molecular weight is 250 g/mol. The zero-order chi connectivity index (χ0) is 11.5. The van der Waals surface area contributed by atoms with Gasteiger partial charge in [-0.3, -0.25) is 0 Å². The van der Waals surface area contributed by atoms with Crippen molar-refractivity contribution < 1.29 is 0 Å². The molecule has 2 rings (SSSR count). The van der Waals surface area contributed by atoms with Crippen LogP contribution in [0.2, 0.25) is 10.0 Å². The summed E-state index contributed by atoms with van der Waals surface area (Å²) >= 11 is 11.8. The second-order valence-corrected chi connectivity index (χ2v) is 3.93. The molecular formula is C11H5Cl2N3. The van der Waals surface area contributed by atoms with Gasteiger partial charge in [0.1, 0.15) is 12.4 Å². The van der Waals surface area contributed by atoms with Gasteiger partial charge in [-0.05, 0) is 23.8 Å². The summed E-state index contributed by atoms with van der Waals surface area (Å²) in [4.78, 5) is 7.76. The summed E-state index contributed by atoms with van der Waals surface area (Å²) < 4.78 is 0. The summed E-state index contributed by atoms with van der Waals surface area (Å²) in [6.45, 7) is 0. The highest BCUT2D eigenvalue weighted by Gasteiger charge is 2.07. The van der Waals surface area contributed by atoms with E-state index in [2.05, 4.69) is 9.97 Å². The monoisotopic (exact) mass is 249 g/mol. The van der Waals surface area contributed by atoms with Gasteiger partial charge in [-0.15, -0.1) is 0 Å². The molecule has 0 aliphatic rings. The maximum atomic E-state index is 8.91. The van der Waals surface area contributed by atoms with Gasteiger partial charge in [-0.25, -0.2) is 9.97 Å². The molecule has 0 aliphatic heterocycles. The van der Waals surface area contributed by atoms with Crippen LogP contribution in [0.15, 0.2) is 30.7 Å². The Morgan fingerprint density at radius 2 is 1.81 bits per heavy atom. The Kier molecular flexibility index (Phi) is 3.04. The maximum Gasteiger partial charge on any atom is 0.151 e. The fourth-order valence-corrected chi connectivity index (χ4v) is 1.87. The van der Waals surface area contributed by atoms with Gasteiger partial charge in [0, 0.05) is 21.8 Å². The third-order valence-electron chi connectivity index (χ3n) is 1.99. The first-order chi connectivity index (χ1) is 7.70. The minimum absolute atomic E-state index is 0.299. The van der Waals surface area contributed by atoms with Crippen molar-refractivity contribution in [3.8, 4) is 17.2 Å². The molecule has 0 saturated heterocycles. The van der Waals surface area contributed by atoms with E-state index in [1.807, 2.05) is 6.07 Å². The molecule has 0 unspecified atom stereocenters. The van der Waals surface area contributed by atoms with Gasteiger partial charge < -0.3 is 0 Å². The lowest BCUT2D eigenvalue weighted by Crippen LogP contribution is -1.90. The molecule has 1 aromatic heterocycles. The van der Waals surface area contributed by atoms with Gasteiger partial charge in [0.15, 0.2) is 5.69 Å². The van der Waals surface area contributed by atoms with E-state index < -0.39 is 0 Å². The van der Waals surface area contributed by atoms with E-state index in [0.717, 1.165) is 5.56 Å². The molecule has 0 spiro atoms. The standard InChI is InChI=1S/C11H5Cl2N3/c12-8-1-7(2-9(13)3-8)10-5-15-6-16-11(10)4-14/h1-3,5-6H. The van der Waals surface area contributed by atoms with Crippen molar-refractivity contribution in [2.24, 2.45) is 0 Å². The molecule has 5 heteroatoms. The lowest BCUT2D eigenvalue weighted by Gasteiger charge is -2.03. The van der Waals surface area contributed by atoms with Crippen molar-refractivity contribution in [3.05, 3.63) is 46.5 Å². The molecule has 0 N–H and O–H groups in total. The molecule has 0 saturated carbocycles. The second-order valence-electron chi connectivity index (χ2n) is 3.05. The molecule has 0 atom stereocenters. The Labute approximate surface area is 102 Å². The van der Waals surface area contributed by atoms with Crippen LogP contribution in [-0.2, 0) is 0 Å². The van der Waals surface area contributed by atoms with Crippen LogP contribution < -0.4 is 0 Å². The summed E-state index contributed by atoms with van der Waals surface area (Å²) in [5.74, 6) is 0. The molecule has 0 bridgehead atoms. The van der Waals surface area contributed by atoms with Crippen LogP contribution in [0.1, 0.15) is 5.69 Å². The highest BCUT2D eigenvalue weighted by molar-refractivity contribution is 6.35. The first-order valence-corrected chi connectivity index (χ1v) is 5.13. The number of nitriles is 1. The SMILES string of the molecule is N#Cc1ncncc1-c1cc(Cl)cc(Cl)c1. The molecule has 0 aliphatic carbocycles. The predicted octanol–water partition coefficient (Wildman–Crippen LogP) is 3.32. The Balaban J connectivity index is 2.63. The lowest BCUT2D eigenvalue weighted by molar-refractivity contribution is 1.14. The smallest absolute Gasteiger partial charge is 0.151 e. The van der Waals surface area contributed by atoms with Crippen molar-refractivity contribution in [3.63, 3.8) is 0 Å². The topological polar surface area (TPSA) is 49.6 Å². The van der Waals surface area contributed by atoms with Crippen molar-refractivity contribution in [1.29, 1.82) is 5.26 Å². The quantitative estimate of drug-likeness (QED) is 0.779. The highest BCUT2D eigenvalue weighted by atomic mass is 35.5. The van der Waals surface area contributed by atoms with Crippen molar-refractivity contribution >= 4 is 23.2 Å². The molecule has 78 valence electrons. The average Bonchev–Trinajstić information content (AvgIpc) is 2.27. The normalized spacial score (nSPS) is 9.81. The fourth-order valence-electron chi connectivity index (χ4n) is 1.34. The van der Waals surface area contributed by atoms with Gasteiger partial charge in [-0.1, -0.05) is 23.2 Å². The van der Waals surface area contributed by atoms with Gasteiger partial charge in [0.05, 0.1) is 0 Å². The first-order valence-electron chi connectivity index (χ1n) is 4.37. The summed E-state index contributed by atoms with van der Waals surface area (Å²) in [5, 5.41) is 9.93. The molecule has 1 aromatic carbocycles. The van der Waals surface area contributed by atoms with Crippen LogP contribution in [0, 0.1) is 11.3 Å². The molecule has 16 heavy (non-hydrogen) atoms. The number of halogens is 2. The van der Waals surface area contributed by atoms with E-state index >= 15 is 0 Å². The van der Waals surface area contributed by atoms with E-state index in [1.54, 1.807) is 24.4 Å². The highest BCUT2D eigenvalue weighted by Crippen LogP contribution is 2.27. The van der Waals surface area contributed by atoms with Crippen LogP contribution in [0.3, 0.4) is 0 Å². The molecule has 3 nitrogen and oxygen atoms in total. The maximum absolute atomic E-state index is 8.91. The van der Waals surface area contributed by atoms with Gasteiger partial charge in [0.2, 0.25) is 0 Å². The van der Waals surface area contributed by atoms with Crippen molar-refractivity contribution in [1.82, 2.24) is 9.97 Å². The number of aromatic nitrogens is 2. The van der Waals surface area contributed by atoms with Crippen LogP contribution in [0.4, 0.5) is 0 Å². The predicted molar refractivity (Wildman–Crippen MR) is 62.2 cm³/mol. The number of hydrogen-bond donors (Lipinski definition) is 0. The van der Waals surface area contributed by atoms with Crippen molar-refractivity contribution in [2.45, 2.75) is 0 Å². The Morgan fingerprint density at radius 3 is 2.44 bits per heavy atom. The van der Waals surface area contributed by atoms with Gasteiger partial charge >= 0.3 is 0 Å². The van der Waals surface area contributed by atoms with Gasteiger partial charge in [-0.2, -0.15) is 5.26 Å². The second kappa shape index (κ2) is 4.48. The van der Waals surface area contributed by atoms with Crippen LogP contribution >= 0.6 is 23.2 Å². The summed E-state index contributed by atoms with van der Waals surface area (Å²) in [7, 11) is 0. The van der Waals surface area contributed by atoms with Crippen LogP contribution in [0.5, 0.6) is 0 Å². The zero-order valence-electron chi connectivity index (χ0n) is 7.98. The van der Waals surface area contributed by atoms with E-state index in [4.69, 9.17) is 28.5 Å². The molecular weight excluding hydrogens is 245 g/mol. The van der Waals surface area contributed by atoms with Crippen LogP contribution in [-0.4, -0.2) is 9.97 Å². The molecule has 0 fully saturated rings. The number of rotatable bonds is 1. The molecule has 0 amide bonds. The first kappa shape index (κ1) is 10.9. The van der Waals surface area contributed by atoms with E-state index in [0.29, 0.717) is 21.3 Å². The summed E-state index contributed by atoms with van der Waals surface area (Å²) in [6, 6.07) is 7.05. The Morgan fingerprint density at radius 1 is 1.12 bits per heavy atom. The fraction of sp³-hybridized carbons (Fsp3) is 0. The third-order valence-corrected chi connectivity index (χ3v) is 2.43. The Hall–Kier alpha value is -1.63. The van der Waals surface area contributed by atoms with E-state index in [-0.39, 0.29) is 0 Å². The molecule has 1 heterocycles. The summed E-state index contributed by atoms with van der Waals surface area (Å²) in [6.07, 6.45) is 2.89. The van der Waals surface area contributed by atoms with E-state index in [9.17, 15) is 0 Å². The Bertz CT molecular complexity index is 555. The minimum atomic E-state index is 0.299. The summed E-state index contributed by atoms with van der Waals surface area (Å²) in [5.41, 5.74) is 1.65. The third kappa shape index (κ3) is 2.13. The lowest BCUT2D eigenvalue weighted by atomic mass is 10.1. The largest absolute Gasteiger partial charge is 0.244 e. The van der Waals surface area contributed by atoms with Gasteiger partial charge in [0.25, 0.3) is 0 Å². The van der Waals surface area contributed by atoms with E-state index in [1.165, 1.54) is 6.33 Å². The van der Waals surface area contributed by atoms with Crippen LogP contribution in [0.25, 0.3) is 11.1 Å². The number of nitrogens with zero attached hydrogens (tertiary/aromatic N) is 3. The number of hydrogen-bond acceptors (Lipinski definition) is 3.